The lowest BCUT2D eigenvalue weighted by molar-refractivity contribution is -0.126. The van der Waals surface area contributed by atoms with E-state index in [4.69, 9.17) is 9.47 Å². The number of rotatable bonds is 7. The molecule has 2 aromatic rings. The van der Waals surface area contributed by atoms with Crippen LogP contribution in [0.2, 0.25) is 0 Å². The Labute approximate surface area is 159 Å². The van der Waals surface area contributed by atoms with E-state index in [-0.39, 0.29) is 24.2 Å². The van der Waals surface area contributed by atoms with Crippen molar-refractivity contribution >= 4 is 17.5 Å². The van der Waals surface area contributed by atoms with E-state index in [1.165, 1.54) is 0 Å². The second kappa shape index (κ2) is 8.58. The summed E-state index contributed by atoms with van der Waals surface area (Å²) in [5, 5.41) is 2.93. The largest absolute Gasteiger partial charge is 0.497 e. The van der Waals surface area contributed by atoms with Gasteiger partial charge in [-0.25, -0.2) is 0 Å². The zero-order valence-corrected chi connectivity index (χ0v) is 15.6. The summed E-state index contributed by atoms with van der Waals surface area (Å²) in [7, 11) is 1.60. The van der Waals surface area contributed by atoms with Crippen LogP contribution in [0.25, 0.3) is 0 Å². The molecular weight excluding hydrogens is 344 g/mol. The van der Waals surface area contributed by atoms with Crippen LogP contribution in [0.1, 0.15) is 18.9 Å². The quantitative estimate of drug-likeness (QED) is 0.816. The van der Waals surface area contributed by atoms with E-state index in [1.54, 1.807) is 24.1 Å². The molecule has 0 aromatic heterocycles. The fraction of sp³-hybridized carbons (Fsp3) is 0.333. The van der Waals surface area contributed by atoms with Crippen molar-refractivity contribution in [3.63, 3.8) is 0 Å². The average Bonchev–Trinajstić information content (AvgIpc) is 3.08. The molecule has 27 heavy (non-hydrogen) atoms. The first-order valence-electron chi connectivity index (χ1n) is 9.04. The van der Waals surface area contributed by atoms with Crippen molar-refractivity contribution in [3.8, 4) is 11.5 Å². The summed E-state index contributed by atoms with van der Waals surface area (Å²) >= 11 is 0. The summed E-state index contributed by atoms with van der Waals surface area (Å²) in [6.45, 7) is 3.32. The van der Waals surface area contributed by atoms with E-state index in [2.05, 4.69) is 5.32 Å². The van der Waals surface area contributed by atoms with E-state index in [1.807, 2.05) is 43.3 Å². The highest BCUT2D eigenvalue weighted by atomic mass is 16.5. The van der Waals surface area contributed by atoms with Crippen molar-refractivity contribution in [1.29, 1.82) is 0 Å². The summed E-state index contributed by atoms with van der Waals surface area (Å²) < 4.78 is 10.6. The third-order valence-corrected chi connectivity index (χ3v) is 4.56. The van der Waals surface area contributed by atoms with Crippen molar-refractivity contribution in [1.82, 2.24) is 5.32 Å². The molecule has 1 aliphatic heterocycles. The Hall–Kier alpha value is -3.02. The van der Waals surface area contributed by atoms with Crippen LogP contribution in [0, 0.1) is 5.92 Å². The number of amides is 2. The first kappa shape index (κ1) is 18.8. The predicted molar refractivity (Wildman–Crippen MR) is 103 cm³/mol. The molecule has 1 heterocycles. The Balaban J connectivity index is 1.57. The average molecular weight is 368 g/mol. The Morgan fingerprint density at radius 2 is 1.96 bits per heavy atom. The molecule has 1 atom stereocenters. The zero-order valence-electron chi connectivity index (χ0n) is 15.6. The minimum Gasteiger partial charge on any atom is -0.497 e. The van der Waals surface area contributed by atoms with E-state index in [0.29, 0.717) is 19.7 Å². The van der Waals surface area contributed by atoms with Crippen LogP contribution < -0.4 is 19.7 Å². The topological polar surface area (TPSA) is 67.9 Å². The third-order valence-electron chi connectivity index (χ3n) is 4.56. The lowest BCUT2D eigenvalue weighted by atomic mass is 10.1. The van der Waals surface area contributed by atoms with Gasteiger partial charge >= 0.3 is 0 Å². The molecule has 6 nitrogen and oxygen atoms in total. The standard InChI is InChI=1S/C21H24N2O4/c1-3-27-19-6-4-5-15(11-19)13-22-21(25)16-12-20(24)23(14-16)17-7-9-18(26-2)10-8-17/h4-11,16H,3,12-14H2,1-2H3,(H,22,25)/t16-/m1/s1. The van der Waals surface area contributed by atoms with Crippen LogP contribution in [0.3, 0.4) is 0 Å². The van der Waals surface area contributed by atoms with Crippen LogP contribution in [0.15, 0.2) is 48.5 Å². The van der Waals surface area contributed by atoms with Gasteiger partial charge < -0.3 is 19.7 Å². The van der Waals surface area contributed by atoms with Crippen LogP contribution in [-0.2, 0) is 16.1 Å². The second-order valence-corrected chi connectivity index (χ2v) is 6.40. The Morgan fingerprint density at radius 1 is 1.19 bits per heavy atom. The van der Waals surface area contributed by atoms with Crippen LogP contribution >= 0.6 is 0 Å². The van der Waals surface area contributed by atoms with E-state index >= 15 is 0 Å². The number of benzene rings is 2. The summed E-state index contributed by atoms with van der Waals surface area (Å²) in [5.74, 6) is 1.01. The van der Waals surface area contributed by atoms with Crippen LogP contribution in [-0.4, -0.2) is 32.1 Å². The third kappa shape index (κ3) is 4.58. The molecule has 1 N–H and O–H groups in total. The van der Waals surface area contributed by atoms with Gasteiger partial charge in [0.1, 0.15) is 11.5 Å². The normalized spacial score (nSPS) is 16.3. The minimum absolute atomic E-state index is 0.0429. The number of hydrogen-bond acceptors (Lipinski definition) is 4. The highest BCUT2D eigenvalue weighted by Crippen LogP contribution is 2.27. The number of carbonyl (C=O) groups is 2. The molecule has 1 aliphatic rings. The summed E-state index contributed by atoms with van der Waals surface area (Å²) in [6.07, 6.45) is 0.219. The lowest BCUT2D eigenvalue weighted by Crippen LogP contribution is -2.32. The summed E-state index contributed by atoms with van der Waals surface area (Å²) in [6, 6.07) is 14.9. The van der Waals surface area contributed by atoms with Gasteiger partial charge in [-0.15, -0.1) is 0 Å². The van der Waals surface area contributed by atoms with Crippen molar-refractivity contribution in [2.24, 2.45) is 5.92 Å². The van der Waals surface area contributed by atoms with Gasteiger partial charge in [-0.3, -0.25) is 9.59 Å². The second-order valence-electron chi connectivity index (χ2n) is 6.40. The van der Waals surface area contributed by atoms with Crippen LogP contribution in [0.4, 0.5) is 5.69 Å². The SMILES string of the molecule is CCOc1cccc(CNC(=O)[C@@H]2CC(=O)N(c3ccc(OC)cc3)C2)c1. The zero-order chi connectivity index (χ0) is 19.2. The van der Waals surface area contributed by atoms with E-state index in [0.717, 1.165) is 22.7 Å². The molecule has 0 saturated carbocycles. The Bertz CT molecular complexity index is 804. The molecule has 0 aliphatic carbocycles. The highest BCUT2D eigenvalue weighted by molar-refractivity contribution is 6.00. The van der Waals surface area contributed by atoms with Gasteiger partial charge in [-0.1, -0.05) is 12.1 Å². The van der Waals surface area contributed by atoms with E-state index < -0.39 is 0 Å². The maximum absolute atomic E-state index is 12.5. The highest BCUT2D eigenvalue weighted by Gasteiger charge is 2.34. The molecule has 142 valence electrons. The number of carbonyl (C=O) groups excluding carboxylic acids is 2. The molecular formula is C21H24N2O4. The predicted octanol–water partition coefficient (Wildman–Crippen LogP) is 2.76. The van der Waals surface area contributed by atoms with Gasteiger partial charge in [0.15, 0.2) is 0 Å². The molecule has 1 saturated heterocycles. The number of anilines is 1. The van der Waals surface area contributed by atoms with Gasteiger partial charge in [0.05, 0.1) is 19.6 Å². The number of hydrogen-bond donors (Lipinski definition) is 1. The molecule has 0 radical (unpaired) electrons. The van der Waals surface area contributed by atoms with Crippen molar-refractivity contribution in [3.05, 3.63) is 54.1 Å². The molecule has 1 fully saturated rings. The van der Waals surface area contributed by atoms with Gasteiger partial charge in [0.2, 0.25) is 11.8 Å². The van der Waals surface area contributed by atoms with Crippen molar-refractivity contribution in [2.45, 2.75) is 19.9 Å². The van der Waals surface area contributed by atoms with Crippen molar-refractivity contribution in [2.75, 3.05) is 25.2 Å². The molecule has 6 heteroatoms. The monoisotopic (exact) mass is 368 g/mol. The maximum atomic E-state index is 12.5. The molecule has 0 unspecified atom stereocenters. The van der Waals surface area contributed by atoms with Gasteiger partial charge in [0, 0.05) is 25.2 Å². The fourth-order valence-corrected chi connectivity index (χ4v) is 3.14. The molecule has 3 rings (SSSR count). The molecule has 0 spiro atoms. The molecule has 0 bridgehead atoms. The Kier molecular flexibility index (Phi) is 5.96. The van der Waals surface area contributed by atoms with Crippen LogP contribution in [0.5, 0.6) is 11.5 Å². The number of nitrogens with zero attached hydrogens (tertiary/aromatic N) is 1. The summed E-state index contributed by atoms with van der Waals surface area (Å²) in [5.41, 5.74) is 1.74. The number of methoxy groups -OCH3 is 1. The molecule has 2 amide bonds. The molecule has 2 aromatic carbocycles. The first-order valence-corrected chi connectivity index (χ1v) is 9.04. The summed E-state index contributed by atoms with van der Waals surface area (Å²) in [4.78, 5) is 26.5. The fourth-order valence-electron chi connectivity index (χ4n) is 3.14. The first-order chi connectivity index (χ1) is 13.1. The van der Waals surface area contributed by atoms with Gasteiger partial charge in [-0.2, -0.15) is 0 Å². The lowest BCUT2D eigenvalue weighted by Gasteiger charge is -2.17. The smallest absolute Gasteiger partial charge is 0.227 e. The number of nitrogens with one attached hydrogen (secondary N) is 1. The Morgan fingerprint density at radius 3 is 2.67 bits per heavy atom. The maximum Gasteiger partial charge on any atom is 0.227 e. The minimum atomic E-state index is -0.352. The van der Waals surface area contributed by atoms with Gasteiger partial charge in [0.25, 0.3) is 0 Å². The van der Waals surface area contributed by atoms with Gasteiger partial charge in [-0.05, 0) is 48.9 Å². The number of ether oxygens (including phenoxy) is 2. The van der Waals surface area contributed by atoms with Crippen molar-refractivity contribution < 1.29 is 19.1 Å². The van der Waals surface area contributed by atoms with E-state index in [9.17, 15) is 9.59 Å².